The number of amides is 1. The second-order valence-electron chi connectivity index (χ2n) is 3.87. The molecule has 3 nitrogen and oxygen atoms in total. The maximum absolute atomic E-state index is 11.8. The van der Waals surface area contributed by atoms with Crippen molar-refractivity contribution in [3.63, 3.8) is 0 Å². The van der Waals surface area contributed by atoms with Crippen molar-refractivity contribution in [2.24, 2.45) is 0 Å². The first-order valence-electron chi connectivity index (χ1n) is 5.46. The van der Waals surface area contributed by atoms with Gasteiger partial charge in [-0.25, -0.2) is 0 Å². The molecule has 1 N–H and O–H groups in total. The molecule has 0 bridgehead atoms. The van der Waals surface area contributed by atoms with Crippen LogP contribution in [-0.4, -0.2) is 25.7 Å². The topological polar surface area (TPSA) is 38.3 Å². The highest BCUT2D eigenvalue weighted by Crippen LogP contribution is 2.25. The van der Waals surface area contributed by atoms with Crippen molar-refractivity contribution in [2.45, 2.75) is 6.92 Å². The Morgan fingerprint density at radius 2 is 2.28 bits per heavy atom. The van der Waals surface area contributed by atoms with Gasteiger partial charge in [-0.05, 0) is 35.0 Å². The van der Waals surface area contributed by atoms with Crippen LogP contribution in [0.25, 0.3) is 0 Å². The highest BCUT2D eigenvalue weighted by molar-refractivity contribution is 9.10. The van der Waals surface area contributed by atoms with Crippen LogP contribution in [0, 0.1) is 0 Å². The minimum absolute atomic E-state index is 0.208. The fraction of sp³-hybridized carbons (Fsp3) is 0.308. The predicted molar refractivity (Wildman–Crippen MR) is 77.1 cm³/mol. The van der Waals surface area contributed by atoms with Crippen LogP contribution in [-0.2, 0) is 4.74 Å². The van der Waals surface area contributed by atoms with Crippen LogP contribution >= 0.6 is 27.5 Å². The van der Waals surface area contributed by atoms with E-state index in [9.17, 15) is 4.79 Å². The summed E-state index contributed by atoms with van der Waals surface area (Å²) < 4.78 is 5.98. The number of hydrogen-bond acceptors (Lipinski definition) is 2. The zero-order chi connectivity index (χ0) is 13.5. The molecule has 0 aliphatic heterocycles. The van der Waals surface area contributed by atoms with Gasteiger partial charge in [0.2, 0.25) is 0 Å². The third kappa shape index (κ3) is 4.80. The van der Waals surface area contributed by atoms with E-state index in [0.717, 1.165) is 5.57 Å². The lowest BCUT2D eigenvalue weighted by atomic mass is 10.2. The van der Waals surface area contributed by atoms with Gasteiger partial charge in [-0.15, -0.1) is 0 Å². The molecule has 0 unspecified atom stereocenters. The van der Waals surface area contributed by atoms with E-state index in [4.69, 9.17) is 16.3 Å². The zero-order valence-electron chi connectivity index (χ0n) is 10.1. The third-order valence-electron chi connectivity index (χ3n) is 2.08. The second kappa shape index (κ2) is 7.56. The number of rotatable bonds is 6. The van der Waals surface area contributed by atoms with Gasteiger partial charge in [-0.3, -0.25) is 4.79 Å². The molecule has 98 valence electrons. The second-order valence-corrected chi connectivity index (χ2v) is 5.10. The Morgan fingerprint density at radius 1 is 1.56 bits per heavy atom. The van der Waals surface area contributed by atoms with Crippen LogP contribution in [0.4, 0.5) is 0 Å². The maximum atomic E-state index is 11.8. The molecule has 0 aromatic heterocycles. The lowest BCUT2D eigenvalue weighted by Crippen LogP contribution is -2.27. The molecule has 1 aromatic carbocycles. The Balaban J connectivity index is 2.41. The lowest BCUT2D eigenvalue weighted by Gasteiger charge is -2.08. The van der Waals surface area contributed by atoms with Crippen molar-refractivity contribution in [1.82, 2.24) is 5.32 Å². The van der Waals surface area contributed by atoms with Crippen LogP contribution in [0.1, 0.15) is 17.3 Å². The zero-order valence-corrected chi connectivity index (χ0v) is 12.5. The largest absolute Gasteiger partial charge is 0.375 e. The number of carbonyl (C=O) groups is 1. The van der Waals surface area contributed by atoms with Gasteiger partial charge in [0.1, 0.15) is 0 Å². The summed E-state index contributed by atoms with van der Waals surface area (Å²) in [7, 11) is 0. The smallest absolute Gasteiger partial charge is 0.252 e. The molecule has 0 fully saturated rings. The molecule has 5 heteroatoms. The number of benzene rings is 1. The van der Waals surface area contributed by atoms with Gasteiger partial charge in [-0.2, -0.15) is 0 Å². The van der Waals surface area contributed by atoms with Gasteiger partial charge in [0, 0.05) is 11.0 Å². The molecule has 18 heavy (non-hydrogen) atoms. The van der Waals surface area contributed by atoms with Crippen LogP contribution in [0.15, 0.2) is 34.8 Å². The van der Waals surface area contributed by atoms with Crippen LogP contribution in [0.3, 0.4) is 0 Å². The van der Waals surface area contributed by atoms with E-state index < -0.39 is 0 Å². The standard InChI is InChI=1S/C13H15BrClNO2/c1-9(2)8-18-7-6-16-13(17)10-4-3-5-11(14)12(10)15/h3-5H,1,6-8H2,2H3,(H,16,17). The fourth-order valence-corrected chi connectivity index (χ4v) is 1.84. The van der Waals surface area contributed by atoms with E-state index in [0.29, 0.717) is 34.8 Å². The number of carbonyl (C=O) groups excluding carboxylic acids is 1. The van der Waals surface area contributed by atoms with Gasteiger partial charge in [0.05, 0.1) is 23.8 Å². The van der Waals surface area contributed by atoms with Gasteiger partial charge < -0.3 is 10.1 Å². The van der Waals surface area contributed by atoms with E-state index in [1.54, 1.807) is 18.2 Å². The Morgan fingerprint density at radius 3 is 2.94 bits per heavy atom. The van der Waals surface area contributed by atoms with E-state index in [-0.39, 0.29) is 5.91 Å². The monoisotopic (exact) mass is 331 g/mol. The van der Waals surface area contributed by atoms with E-state index in [1.165, 1.54) is 0 Å². The summed E-state index contributed by atoms with van der Waals surface area (Å²) in [6.45, 7) is 7.01. The predicted octanol–water partition coefficient (Wildman–Crippen LogP) is 3.43. The minimum Gasteiger partial charge on any atom is -0.375 e. The summed E-state index contributed by atoms with van der Waals surface area (Å²) in [6.07, 6.45) is 0. The molecule has 0 saturated heterocycles. The van der Waals surface area contributed by atoms with Crippen molar-refractivity contribution in [1.29, 1.82) is 0 Å². The average molecular weight is 333 g/mol. The maximum Gasteiger partial charge on any atom is 0.252 e. The quantitative estimate of drug-likeness (QED) is 0.640. The SMILES string of the molecule is C=C(C)COCCNC(=O)c1cccc(Br)c1Cl. The molecule has 1 aromatic rings. The van der Waals surface area contributed by atoms with Crippen LogP contribution < -0.4 is 5.32 Å². The van der Waals surface area contributed by atoms with Crippen LogP contribution in [0.2, 0.25) is 5.02 Å². The molecule has 0 spiro atoms. The summed E-state index contributed by atoms with van der Waals surface area (Å²) in [5, 5.41) is 3.16. The number of nitrogens with one attached hydrogen (secondary N) is 1. The highest BCUT2D eigenvalue weighted by Gasteiger charge is 2.11. The Bertz CT molecular complexity index is 449. The van der Waals surface area contributed by atoms with E-state index in [2.05, 4.69) is 27.8 Å². The number of ether oxygens (including phenoxy) is 1. The summed E-state index contributed by atoms with van der Waals surface area (Å²) in [4.78, 5) is 11.8. The van der Waals surface area contributed by atoms with Crippen LogP contribution in [0.5, 0.6) is 0 Å². The third-order valence-corrected chi connectivity index (χ3v) is 3.37. The van der Waals surface area contributed by atoms with Crippen molar-refractivity contribution >= 4 is 33.4 Å². The Labute approximate surface area is 120 Å². The van der Waals surface area contributed by atoms with Crippen molar-refractivity contribution < 1.29 is 9.53 Å². The van der Waals surface area contributed by atoms with Crippen molar-refractivity contribution in [2.75, 3.05) is 19.8 Å². The number of halogens is 2. The molecule has 1 amide bonds. The fourth-order valence-electron chi connectivity index (χ4n) is 1.26. The summed E-state index contributed by atoms with van der Waals surface area (Å²) in [5.41, 5.74) is 1.40. The Kier molecular flexibility index (Phi) is 6.39. The average Bonchev–Trinajstić information content (AvgIpc) is 2.31. The summed E-state index contributed by atoms with van der Waals surface area (Å²) in [6, 6.07) is 5.23. The molecule has 0 heterocycles. The highest BCUT2D eigenvalue weighted by atomic mass is 79.9. The molecule has 1 rings (SSSR count). The minimum atomic E-state index is -0.208. The molecular formula is C13H15BrClNO2. The molecule has 0 aliphatic rings. The first-order chi connectivity index (χ1) is 8.52. The normalized spacial score (nSPS) is 10.2. The summed E-state index contributed by atoms with van der Waals surface area (Å²) >= 11 is 9.30. The molecular weight excluding hydrogens is 318 g/mol. The first-order valence-corrected chi connectivity index (χ1v) is 6.64. The molecule has 0 radical (unpaired) electrons. The van der Waals surface area contributed by atoms with Gasteiger partial charge in [-0.1, -0.05) is 29.8 Å². The molecule has 0 atom stereocenters. The van der Waals surface area contributed by atoms with E-state index >= 15 is 0 Å². The molecule has 0 aliphatic carbocycles. The van der Waals surface area contributed by atoms with Gasteiger partial charge in [0.25, 0.3) is 5.91 Å². The van der Waals surface area contributed by atoms with E-state index in [1.807, 2.05) is 6.92 Å². The van der Waals surface area contributed by atoms with Crippen molar-refractivity contribution in [3.05, 3.63) is 45.4 Å². The van der Waals surface area contributed by atoms with Crippen molar-refractivity contribution in [3.8, 4) is 0 Å². The first kappa shape index (κ1) is 15.2. The van der Waals surface area contributed by atoms with Gasteiger partial charge >= 0.3 is 0 Å². The molecule has 0 saturated carbocycles. The lowest BCUT2D eigenvalue weighted by molar-refractivity contribution is 0.0927. The Hall–Kier alpha value is -0.840. The number of hydrogen-bond donors (Lipinski definition) is 1. The summed E-state index contributed by atoms with van der Waals surface area (Å²) in [5.74, 6) is -0.208. The van der Waals surface area contributed by atoms with Gasteiger partial charge in [0.15, 0.2) is 0 Å².